The van der Waals surface area contributed by atoms with E-state index >= 15 is 0 Å². The molecular formula is C30H27F5N2O3. The van der Waals surface area contributed by atoms with Gasteiger partial charge in [-0.15, -0.1) is 0 Å². The van der Waals surface area contributed by atoms with Gasteiger partial charge in [-0.05, 0) is 59.4 Å². The normalized spacial score (nSPS) is 13.2. The molecular weight excluding hydrogens is 531 g/mol. The van der Waals surface area contributed by atoms with Crippen LogP contribution in [0.15, 0.2) is 66.9 Å². The first-order chi connectivity index (χ1) is 19.0. The van der Waals surface area contributed by atoms with Crippen molar-refractivity contribution in [1.82, 2.24) is 10.3 Å². The molecule has 5 nitrogen and oxygen atoms in total. The average Bonchev–Trinajstić information content (AvgIpc) is 3.32. The number of carbonyl (C=O) groups excluding carboxylic acids is 1. The number of rotatable bonds is 10. The van der Waals surface area contributed by atoms with Gasteiger partial charge in [0.15, 0.2) is 0 Å². The number of hydrogen-bond donors (Lipinski definition) is 3. The molecule has 0 fully saturated rings. The van der Waals surface area contributed by atoms with E-state index in [1.807, 2.05) is 6.92 Å². The first kappa shape index (κ1) is 28.8. The van der Waals surface area contributed by atoms with Crippen molar-refractivity contribution in [2.75, 3.05) is 6.54 Å². The highest BCUT2D eigenvalue weighted by atomic mass is 19.4. The first-order valence-electron chi connectivity index (χ1n) is 12.7. The Morgan fingerprint density at radius 2 is 1.62 bits per heavy atom. The van der Waals surface area contributed by atoms with Gasteiger partial charge in [-0.1, -0.05) is 37.6 Å². The van der Waals surface area contributed by atoms with Gasteiger partial charge in [0, 0.05) is 35.7 Å². The molecule has 0 radical (unpaired) electrons. The van der Waals surface area contributed by atoms with E-state index in [1.54, 1.807) is 30.5 Å². The van der Waals surface area contributed by atoms with Gasteiger partial charge < -0.3 is 15.4 Å². The third-order valence-corrected chi connectivity index (χ3v) is 6.90. The van der Waals surface area contributed by atoms with Crippen LogP contribution in [0.4, 0.5) is 22.0 Å². The van der Waals surface area contributed by atoms with Crippen LogP contribution >= 0.6 is 0 Å². The van der Waals surface area contributed by atoms with Gasteiger partial charge in [-0.3, -0.25) is 9.59 Å². The number of amides is 1. The monoisotopic (exact) mass is 558 g/mol. The SMILES string of the molecule is CCCC(c1ccc(C(=O)NCCC(=O)O)cc1)C(c1ccc(C(F)(F)F)cc1)c1c[nH]c2c(F)cc(F)cc12. The standard InChI is InChI=1S/C30H27F5N2O3/c1-2-3-22(17-4-6-19(7-5-17)29(40)36-13-12-26(38)39)27(18-8-10-20(11-9-18)30(33,34)35)24-16-37-28-23(24)14-21(31)15-25(28)32/h4-11,14-16,22,27,37H,2-3,12-13H2,1H3,(H,36,40)(H,38,39). The quantitative estimate of drug-likeness (QED) is 0.178. The van der Waals surface area contributed by atoms with E-state index in [2.05, 4.69) is 10.3 Å². The van der Waals surface area contributed by atoms with Gasteiger partial charge in [0.05, 0.1) is 17.5 Å². The Hall–Kier alpha value is -4.21. The zero-order valence-electron chi connectivity index (χ0n) is 21.5. The number of carbonyl (C=O) groups is 2. The van der Waals surface area contributed by atoms with Crippen molar-refractivity contribution in [2.24, 2.45) is 0 Å². The molecule has 1 amide bonds. The number of halogens is 5. The lowest BCUT2D eigenvalue weighted by Crippen LogP contribution is -2.26. The predicted molar refractivity (Wildman–Crippen MR) is 140 cm³/mol. The number of aliphatic carboxylic acids is 1. The van der Waals surface area contributed by atoms with Crippen LogP contribution in [0.5, 0.6) is 0 Å². The molecule has 1 aromatic heterocycles. The van der Waals surface area contributed by atoms with Gasteiger partial charge in [0.25, 0.3) is 5.91 Å². The molecule has 3 aromatic carbocycles. The maximum Gasteiger partial charge on any atom is 0.416 e. The van der Waals surface area contributed by atoms with Crippen molar-refractivity contribution in [3.05, 3.63) is 106 Å². The van der Waals surface area contributed by atoms with Crippen LogP contribution in [-0.4, -0.2) is 28.5 Å². The molecule has 2 unspecified atom stereocenters. The van der Waals surface area contributed by atoms with Gasteiger partial charge in [-0.25, -0.2) is 8.78 Å². The number of nitrogens with one attached hydrogen (secondary N) is 2. The smallest absolute Gasteiger partial charge is 0.416 e. The largest absolute Gasteiger partial charge is 0.481 e. The number of hydrogen-bond acceptors (Lipinski definition) is 2. The Kier molecular flexibility index (Phi) is 8.56. The van der Waals surface area contributed by atoms with Crippen molar-refractivity contribution in [3.8, 4) is 0 Å². The first-order valence-corrected chi connectivity index (χ1v) is 12.7. The van der Waals surface area contributed by atoms with Crippen molar-refractivity contribution in [2.45, 2.75) is 44.2 Å². The molecule has 210 valence electrons. The van der Waals surface area contributed by atoms with Gasteiger partial charge >= 0.3 is 12.1 Å². The fourth-order valence-electron chi connectivity index (χ4n) is 5.04. The Labute approximate surface area is 227 Å². The molecule has 0 aliphatic rings. The molecule has 0 aliphatic carbocycles. The minimum Gasteiger partial charge on any atom is -0.481 e. The number of H-pyrrole nitrogens is 1. The summed E-state index contributed by atoms with van der Waals surface area (Å²) in [6, 6.07) is 13.4. The maximum absolute atomic E-state index is 14.6. The Morgan fingerprint density at radius 3 is 2.23 bits per heavy atom. The molecule has 0 saturated carbocycles. The molecule has 3 N–H and O–H groups in total. The summed E-state index contributed by atoms with van der Waals surface area (Å²) in [6.07, 6.45) is -1.90. The third-order valence-electron chi connectivity index (χ3n) is 6.90. The van der Waals surface area contributed by atoms with E-state index in [0.717, 1.165) is 23.8 Å². The minimum atomic E-state index is -4.52. The summed E-state index contributed by atoms with van der Waals surface area (Å²) >= 11 is 0. The topological polar surface area (TPSA) is 82.2 Å². The number of carboxylic acids is 1. The Bertz CT molecular complexity index is 1500. The minimum absolute atomic E-state index is 0.0297. The number of fused-ring (bicyclic) bond motifs is 1. The highest BCUT2D eigenvalue weighted by Crippen LogP contribution is 2.45. The van der Waals surface area contributed by atoms with Crippen LogP contribution in [0, 0.1) is 11.6 Å². The van der Waals surface area contributed by atoms with Crippen LogP contribution in [0.1, 0.15) is 70.6 Å². The number of benzene rings is 3. The predicted octanol–water partition coefficient (Wildman–Crippen LogP) is 7.39. The second kappa shape index (κ2) is 11.9. The van der Waals surface area contributed by atoms with Gasteiger partial charge in [0.2, 0.25) is 0 Å². The Morgan fingerprint density at radius 1 is 0.975 bits per heavy atom. The molecule has 0 bridgehead atoms. The molecule has 10 heteroatoms. The number of alkyl halides is 3. The summed E-state index contributed by atoms with van der Waals surface area (Å²) in [6.45, 7) is 1.92. The van der Waals surface area contributed by atoms with Gasteiger partial charge in [-0.2, -0.15) is 13.2 Å². The second-order valence-electron chi connectivity index (χ2n) is 9.57. The zero-order valence-corrected chi connectivity index (χ0v) is 21.5. The van der Waals surface area contributed by atoms with Crippen LogP contribution < -0.4 is 5.32 Å². The van der Waals surface area contributed by atoms with E-state index in [0.29, 0.717) is 29.5 Å². The fraction of sp³-hybridized carbons (Fsp3) is 0.267. The van der Waals surface area contributed by atoms with E-state index in [4.69, 9.17) is 5.11 Å². The van der Waals surface area contributed by atoms with E-state index in [1.165, 1.54) is 18.2 Å². The summed E-state index contributed by atoms with van der Waals surface area (Å²) < 4.78 is 68.8. The number of carboxylic acid groups (broad SMARTS) is 1. The van der Waals surface area contributed by atoms with Crippen molar-refractivity contribution >= 4 is 22.8 Å². The molecule has 0 saturated heterocycles. The number of aromatic nitrogens is 1. The van der Waals surface area contributed by atoms with Crippen molar-refractivity contribution < 1.29 is 36.6 Å². The summed E-state index contributed by atoms with van der Waals surface area (Å²) in [7, 11) is 0. The van der Waals surface area contributed by atoms with Crippen molar-refractivity contribution in [3.63, 3.8) is 0 Å². The summed E-state index contributed by atoms with van der Waals surface area (Å²) in [5, 5.41) is 11.6. The van der Waals surface area contributed by atoms with E-state index in [-0.39, 0.29) is 29.8 Å². The summed E-state index contributed by atoms with van der Waals surface area (Å²) in [5.41, 5.74) is 1.44. The molecule has 0 aliphatic heterocycles. The Balaban J connectivity index is 1.78. The molecule has 2 atom stereocenters. The summed E-state index contributed by atoms with van der Waals surface area (Å²) in [5.74, 6) is -3.94. The van der Waals surface area contributed by atoms with Crippen LogP contribution in [0.2, 0.25) is 0 Å². The van der Waals surface area contributed by atoms with E-state index in [9.17, 15) is 31.5 Å². The molecule has 40 heavy (non-hydrogen) atoms. The van der Waals surface area contributed by atoms with Crippen LogP contribution in [0.3, 0.4) is 0 Å². The lowest BCUT2D eigenvalue weighted by atomic mass is 9.75. The third kappa shape index (κ3) is 6.32. The number of aromatic amines is 1. The molecule has 1 heterocycles. The fourth-order valence-corrected chi connectivity index (χ4v) is 5.04. The maximum atomic E-state index is 14.6. The highest BCUT2D eigenvalue weighted by Gasteiger charge is 2.33. The molecule has 4 rings (SSSR count). The lowest BCUT2D eigenvalue weighted by Gasteiger charge is -2.29. The average molecular weight is 559 g/mol. The zero-order chi connectivity index (χ0) is 29.0. The molecule has 0 spiro atoms. The van der Waals surface area contributed by atoms with Crippen LogP contribution in [-0.2, 0) is 11.0 Å². The van der Waals surface area contributed by atoms with Gasteiger partial charge in [0.1, 0.15) is 11.6 Å². The van der Waals surface area contributed by atoms with E-state index < -0.39 is 41.2 Å². The highest BCUT2D eigenvalue weighted by molar-refractivity contribution is 5.94. The second-order valence-corrected chi connectivity index (χ2v) is 9.57. The van der Waals surface area contributed by atoms with Crippen LogP contribution in [0.25, 0.3) is 10.9 Å². The lowest BCUT2D eigenvalue weighted by molar-refractivity contribution is -0.138. The summed E-state index contributed by atoms with van der Waals surface area (Å²) in [4.78, 5) is 26.0. The molecule has 4 aromatic rings. The van der Waals surface area contributed by atoms with Crippen molar-refractivity contribution in [1.29, 1.82) is 0 Å².